The lowest BCUT2D eigenvalue weighted by atomic mass is 10.3. The average molecular weight is 307 g/mol. The molecule has 0 saturated carbocycles. The summed E-state index contributed by atoms with van der Waals surface area (Å²) in [5.74, 6) is 0.305. The van der Waals surface area contributed by atoms with Gasteiger partial charge in [-0.25, -0.2) is 9.38 Å². The van der Waals surface area contributed by atoms with Crippen molar-refractivity contribution in [3.8, 4) is 0 Å². The predicted molar refractivity (Wildman–Crippen MR) is 86.1 cm³/mol. The molecule has 0 spiro atoms. The van der Waals surface area contributed by atoms with Gasteiger partial charge in [-0.2, -0.15) is 0 Å². The zero-order valence-electron chi connectivity index (χ0n) is 11.1. The highest BCUT2D eigenvalue weighted by atomic mass is 32.2. The van der Waals surface area contributed by atoms with Crippen LogP contribution in [-0.4, -0.2) is 10.7 Å². The Kier molecular flexibility index (Phi) is 4.57. The standard InChI is InChI=1S/C14H14FN3S2/c1-8-6-9(2)18-14(17-8)12(13(16)19)20-11-5-3-4-10(15)7-11/h3-7,17H,1-2H3,(H2,16,19)/b14-12-. The molecule has 0 saturated heterocycles. The van der Waals surface area contributed by atoms with E-state index in [0.29, 0.717) is 10.7 Å². The van der Waals surface area contributed by atoms with Crippen molar-refractivity contribution in [3.63, 3.8) is 0 Å². The van der Waals surface area contributed by atoms with Crippen molar-refractivity contribution in [1.29, 1.82) is 0 Å². The summed E-state index contributed by atoms with van der Waals surface area (Å²) in [7, 11) is 0. The van der Waals surface area contributed by atoms with Crippen LogP contribution < -0.4 is 11.1 Å². The van der Waals surface area contributed by atoms with Gasteiger partial charge in [0.15, 0.2) is 0 Å². The number of benzene rings is 1. The molecule has 0 amide bonds. The molecule has 0 radical (unpaired) electrons. The van der Waals surface area contributed by atoms with Crippen LogP contribution in [0.1, 0.15) is 13.8 Å². The van der Waals surface area contributed by atoms with Crippen molar-refractivity contribution in [1.82, 2.24) is 5.32 Å². The van der Waals surface area contributed by atoms with Gasteiger partial charge in [-0.05, 0) is 38.1 Å². The lowest BCUT2D eigenvalue weighted by Crippen LogP contribution is -2.21. The summed E-state index contributed by atoms with van der Waals surface area (Å²) < 4.78 is 13.2. The molecular weight excluding hydrogens is 293 g/mol. The van der Waals surface area contributed by atoms with Crippen molar-refractivity contribution < 1.29 is 4.39 Å². The molecule has 0 fully saturated rings. The molecule has 1 heterocycles. The lowest BCUT2D eigenvalue weighted by molar-refractivity contribution is 0.624. The van der Waals surface area contributed by atoms with Crippen LogP contribution in [0.5, 0.6) is 0 Å². The Morgan fingerprint density at radius 1 is 1.40 bits per heavy atom. The van der Waals surface area contributed by atoms with E-state index in [9.17, 15) is 4.39 Å². The van der Waals surface area contributed by atoms with Crippen LogP contribution >= 0.6 is 24.0 Å². The maximum Gasteiger partial charge on any atom is 0.147 e. The van der Waals surface area contributed by atoms with Gasteiger partial charge in [0.2, 0.25) is 0 Å². The van der Waals surface area contributed by atoms with E-state index in [-0.39, 0.29) is 10.8 Å². The summed E-state index contributed by atoms with van der Waals surface area (Å²) >= 11 is 6.38. The molecule has 6 heteroatoms. The molecule has 3 nitrogen and oxygen atoms in total. The molecule has 1 aromatic rings. The first kappa shape index (κ1) is 14.7. The Hall–Kier alpha value is -1.66. The number of rotatable bonds is 3. The molecule has 2 rings (SSSR count). The van der Waals surface area contributed by atoms with Gasteiger partial charge < -0.3 is 11.1 Å². The largest absolute Gasteiger partial charge is 0.389 e. The van der Waals surface area contributed by atoms with Crippen LogP contribution in [-0.2, 0) is 0 Å². The first-order valence-electron chi connectivity index (χ1n) is 5.94. The van der Waals surface area contributed by atoms with Gasteiger partial charge in [0, 0.05) is 16.3 Å². The maximum atomic E-state index is 13.2. The van der Waals surface area contributed by atoms with Crippen molar-refractivity contribution in [2.24, 2.45) is 10.7 Å². The molecule has 3 N–H and O–H groups in total. The fraction of sp³-hybridized carbons (Fsp3) is 0.143. The number of halogens is 1. The summed E-state index contributed by atoms with van der Waals surface area (Å²) in [5.41, 5.74) is 7.60. The van der Waals surface area contributed by atoms with Gasteiger partial charge in [-0.1, -0.05) is 30.0 Å². The minimum absolute atomic E-state index is 0.230. The van der Waals surface area contributed by atoms with Crippen molar-refractivity contribution in [2.75, 3.05) is 0 Å². The second-order valence-corrected chi connectivity index (χ2v) is 5.83. The lowest BCUT2D eigenvalue weighted by Gasteiger charge is -2.17. The molecule has 0 aliphatic carbocycles. The van der Waals surface area contributed by atoms with Crippen LogP contribution in [0, 0.1) is 5.82 Å². The van der Waals surface area contributed by atoms with E-state index in [1.165, 1.54) is 23.9 Å². The van der Waals surface area contributed by atoms with Gasteiger partial charge in [0.1, 0.15) is 16.6 Å². The Bertz CT molecular complexity index is 648. The molecular formula is C14H14FN3S2. The van der Waals surface area contributed by atoms with Crippen LogP contribution in [0.15, 0.2) is 56.7 Å². The number of allylic oxidation sites excluding steroid dienone is 2. The second kappa shape index (κ2) is 6.19. The molecule has 1 aromatic carbocycles. The highest BCUT2D eigenvalue weighted by molar-refractivity contribution is 8.05. The predicted octanol–water partition coefficient (Wildman–Crippen LogP) is 3.34. The number of thioether (sulfide) groups is 1. The van der Waals surface area contributed by atoms with E-state index in [1.54, 1.807) is 12.1 Å². The van der Waals surface area contributed by atoms with Crippen LogP contribution in [0.2, 0.25) is 0 Å². The monoisotopic (exact) mass is 307 g/mol. The molecule has 1 aliphatic heterocycles. The third kappa shape index (κ3) is 3.68. The number of nitrogens with two attached hydrogens (primary N) is 1. The molecule has 20 heavy (non-hydrogen) atoms. The summed E-state index contributed by atoms with van der Waals surface area (Å²) in [6.45, 7) is 3.83. The van der Waals surface area contributed by atoms with E-state index >= 15 is 0 Å². The number of hydrogen-bond donors (Lipinski definition) is 2. The Morgan fingerprint density at radius 2 is 2.15 bits per heavy atom. The van der Waals surface area contributed by atoms with Crippen molar-refractivity contribution in [2.45, 2.75) is 18.7 Å². The first-order valence-corrected chi connectivity index (χ1v) is 7.16. The zero-order chi connectivity index (χ0) is 14.7. The quantitative estimate of drug-likeness (QED) is 0.511. The molecule has 0 bridgehead atoms. The first-order chi connectivity index (χ1) is 9.45. The van der Waals surface area contributed by atoms with E-state index in [1.807, 2.05) is 19.9 Å². The van der Waals surface area contributed by atoms with Gasteiger partial charge in [-0.15, -0.1) is 0 Å². The van der Waals surface area contributed by atoms with Crippen LogP contribution in [0.3, 0.4) is 0 Å². The Morgan fingerprint density at radius 3 is 2.75 bits per heavy atom. The number of nitrogens with zero attached hydrogens (tertiary/aromatic N) is 1. The summed E-state index contributed by atoms with van der Waals surface area (Å²) in [5, 5.41) is 3.13. The summed E-state index contributed by atoms with van der Waals surface area (Å²) in [6.07, 6.45) is 1.92. The zero-order valence-corrected chi connectivity index (χ0v) is 12.7. The van der Waals surface area contributed by atoms with Gasteiger partial charge >= 0.3 is 0 Å². The molecule has 104 valence electrons. The fourth-order valence-corrected chi connectivity index (χ4v) is 2.81. The van der Waals surface area contributed by atoms with Gasteiger partial charge in [0.05, 0.1) is 4.91 Å². The molecule has 1 aliphatic rings. The van der Waals surface area contributed by atoms with E-state index < -0.39 is 0 Å². The van der Waals surface area contributed by atoms with E-state index in [2.05, 4.69) is 10.3 Å². The third-order valence-corrected chi connectivity index (χ3v) is 3.92. The number of aliphatic imine (C=N–C) groups is 1. The number of hydrogen-bond acceptors (Lipinski definition) is 4. The average Bonchev–Trinajstić information content (AvgIpc) is 2.34. The van der Waals surface area contributed by atoms with Crippen molar-refractivity contribution >= 4 is 34.7 Å². The van der Waals surface area contributed by atoms with Gasteiger partial charge in [0.25, 0.3) is 0 Å². The highest BCUT2D eigenvalue weighted by Crippen LogP contribution is 2.30. The SMILES string of the molecule is CC1=CC(C)=N/C(=C(\Sc2cccc(F)c2)C(N)=S)N1. The topological polar surface area (TPSA) is 50.4 Å². The normalized spacial score (nSPS) is 16.9. The number of thiocarbonyl (C=S) groups is 1. The highest BCUT2D eigenvalue weighted by Gasteiger charge is 2.15. The van der Waals surface area contributed by atoms with E-state index in [4.69, 9.17) is 18.0 Å². The minimum Gasteiger partial charge on any atom is -0.389 e. The van der Waals surface area contributed by atoms with Crippen molar-refractivity contribution in [3.05, 3.63) is 52.6 Å². The summed E-state index contributed by atoms with van der Waals surface area (Å²) in [6, 6.07) is 6.28. The maximum absolute atomic E-state index is 13.2. The second-order valence-electron chi connectivity index (χ2n) is 4.31. The van der Waals surface area contributed by atoms with Crippen LogP contribution in [0.4, 0.5) is 4.39 Å². The Balaban J connectivity index is 2.38. The Labute approximate surface area is 126 Å². The van der Waals surface area contributed by atoms with Gasteiger partial charge in [-0.3, -0.25) is 0 Å². The molecule has 0 aromatic heterocycles. The molecule has 0 atom stereocenters. The van der Waals surface area contributed by atoms with E-state index in [0.717, 1.165) is 16.3 Å². The third-order valence-electron chi connectivity index (χ3n) is 2.48. The van der Waals surface area contributed by atoms with Crippen LogP contribution in [0.25, 0.3) is 0 Å². The number of nitrogens with one attached hydrogen (secondary N) is 1. The summed E-state index contributed by atoms with van der Waals surface area (Å²) in [4.78, 5) is 5.98. The minimum atomic E-state index is -0.297. The fourth-order valence-electron chi connectivity index (χ4n) is 1.74. The molecule has 0 unspecified atom stereocenters. The smallest absolute Gasteiger partial charge is 0.147 e.